The van der Waals surface area contributed by atoms with E-state index in [1.807, 2.05) is 0 Å². The van der Waals surface area contributed by atoms with Crippen LogP contribution in [0.25, 0.3) is 0 Å². The lowest BCUT2D eigenvalue weighted by molar-refractivity contribution is -0.229. The van der Waals surface area contributed by atoms with Gasteiger partial charge in [-0.15, -0.1) is 0 Å². The summed E-state index contributed by atoms with van der Waals surface area (Å²) < 4.78 is 0. The lowest BCUT2D eigenvalue weighted by Gasteiger charge is -2.53. The summed E-state index contributed by atoms with van der Waals surface area (Å²) in [5, 5.41) is 44.4. The van der Waals surface area contributed by atoms with Gasteiger partial charge in [0.05, 0.1) is 0 Å². The van der Waals surface area contributed by atoms with Crippen LogP contribution in [0.3, 0.4) is 0 Å². The van der Waals surface area contributed by atoms with Crippen LogP contribution in [-0.2, 0) is 14.4 Å². The molecule has 194 valence electrons. The lowest BCUT2D eigenvalue weighted by atomic mass is 9.49. The summed E-state index contributed by atoms with van der Waals surface area (Å²) >= 11 is 0. The Kier molecular flexibility index (Phi) is 9.41. The Bertz CT molecular complexity index is 676. The van der Waals surface area contributed by atoms with Crippen LogP contribution >= 0.6 is 0 Å². The summed E-state index contributed by atoms with van der Waals surface area (Å²) in [6, 6.07) is 0. The average Bonchev–Trinajstić information content (AvgIpc) is 3.31. The van der Waals surface area contributed by atoms with Crippen molar-refractivity contribution in [1.29, 1.82) is 0 Å². The van der Waals surface area contributed by atoms with Crippen molar-refractivity contribution in [3.8, 4) is 0 Å². The topological polar surface area (TPSA) is 132 Å². The minimum Gasteiger partial charge on any atom is -0.481 e. The standard InChI is InChI=1S/C27H44O7/c28-23(29)22(19-13-7-1-2-8-14-19)27(34,25(32)33)26(24(30)31,20-15-9-3-4-10-16-20)21-17-11-5-6-12-18-21/h19-22,34H,1-18H2,(H,28,29)(H,30,31)(H,32,33). The molecule has 0 saturated heterocycles. The minimum absolute atomic E-state index is 0.511. The summed E-state index contributed by atoms with van der Waals surface area (Å²) in [6.45, 7) is 0. The number of hydrogen-bond donors (Lipinski definition) is 4. The first-order valence-corrected chi connectivity index (χ1v) is 13.7. The minimum atomic E-state index is -2.86. The van der Waals surface area contributed by atoms with Gasteiger partial charge in [0.15, 0.2) is 5.60 Å². The Hall–Kier alpha value is -1.63. The monoisotopic (exact) mass is 480 g/mol. The molecule has 3 rings (SSSR count). The highest BCUT2D eigenvalue weighted by atomic mass is 16.4. The van der Waals surface area contributed by atoms with E-state index < -0.39 is 52.6 Å². The van der Waals surface area contributed by atoms with Crippen molar-refractivity contribution in [2.45, 2.75) is 121 Å². The van der Waals surface area contributed by atoms with Crippen LogP contribution < -0.4 is 0 Å². The Labute approximate surface area is 203 Å². The number of carbonyl (C=O) groups is 3. The van der Waals surface area contributed by atoms with Gasteiger partial charge in [-0.25, -0.2) is 4.79 Å². The molecule has 0 aromatic heterocycles. The highest BCUT2D eigenvalue weighted by Crippen LogP contribution is 2.58. The molecular weight excluding hydrogens is 436 g/mol. The van der Waals surface area contributed by atoms with Gasteiger partial charge in [0, 0.05) is 0 Å². The maximum absolute atomic E-state index is 13.5. The van der Waals surface area contributed by atoms with Crippen molar-refractivity contribution in [3.63, 3.8) is 0 Å². The van der Waals surface area contributed by atoms with Crippen molar-refractivity contribution in [2.75, 3.05) is 0 Å². The van der Waals surface area contributed by atoms with E-state index in [4.69, 9.17) is 0 Å². The fourth-order valence-electron chi connectivity index (χ4n) is 7.87. The van der Waals surface area contributed by atoms with E-state index in [0.29, 0.717) is 38.5 Å². The normalized spacial score (nSPS) is 25.3. The molecule has 0 aliphatic heterocycles. The van der Waals surface area contributed by atoms with Gasteiger partial charge in [0.1, 0.15) is 11.3 Å². The van der Waals surface area contributed by atoms with Gasteiger partial charge in [-0.1, -0.05) is 77.0 Å². The molecular formula is C27H44O7. The Morgan fingerprint density at radius 2 is 0.912 bits per heavy atom. The van der Waals surface area contributed by atoms with E-state index in [1.165, 1.54) is 0 Å². The molecule has 0 aromatic carbocycles. The Morgan fingerprint density at radius 3 is 1.21 bits per heavy atom. The second-order valence-corrected chi connectivity index (χ2v) is 11.2. The third-order valence-corrected chi connectivity index (χ3v) is 9.40. The Morgan fingerprint density at radius 1 is 0.559 bits per heavy atom. The summed E-state index contributed by atoms with van der Waals surface area (Å²) in [6.07, 6.45) is 13.5. The summed E-state index contributed by atoms with van der Waals surface area (Å²) in [5.41, 5.74) is -4.87. The van der Waals surface area contributed by atoms with E-state index in [9.17, 15) is 34.8 Å². The fraction of sp³-hybridized carbons (Fsp3) is 0.889. The zero-order valence-corrected chi connectivity index (χ0v) is 20.6. The fourth-order valence-corrected chi connectivity index (χ4v) is 7.87. The Balaban J connectivity index is 2.25. The summed E-state index contributed by atoms with van der Waals surface area (Å²) in [7, 11) is 0. The summed E-state index contributed by atoms with van der Waals surface area (Å²) in [4.78, 5) is 39.4. The molecule has 0 aromatic rings. The maximum Gasteiger partial charge on any atom is 0.337 e. The first kappa shape index (κ1) is 27.0. The second-order valence-electron chi connectivity index (χ2n) is 11.2. The molecule has 2 unspecified atom stereocenters. The molecule has 0 heterocycles. The molecule has 0 radical (unpaired) electrons. The first-order chi connectivity index (χ1) is 16.3. The number of hydrogen-bond acceptors (Lipinski definition) is 4. The van der Waals surface area contributed by atoms with Gasteiger partial charge in [0.2, 0.25) is 0 Å². The van der Waals surface area contributed by atoms with Crippen molar-refractivity contribution >= 4 is 17.9 Å². The van der Waals surface area contributed by atoms with Gasteiger partial charge in [-0.2, -0.15) is 0 Å². The van der Waals surface area contributed by atoms with Gasteiger partial charge >= 0.3 is 17.9 Å². The van der Waals surface area contributed by atoms with Crippen molar-refractivity contribution < 1.29 is 34.8 Å². The molecule has 34 heavy (non-hydrogen) atoms. The molecule has 3 aliphatic carbocycles. The second kappa shape index (κ2) is 11.9. The van der Waals surface area contributed by atoms with Gasteiger partial charge in [0.25, 0.3) is 0 Å². The molecule has 2 atom stereocenters. The number of rotatable bonds is 8. The first-order valence-electron chi connectivity index (χ1n) is 13.7. The highest BCUT2D eigenvalue weighted by molar-refractivity contribution is 5.94. The third kappa shape index (κ3) is 5.00. The number of aliphatic carboxylic acids is 3. The van der Waals surface area contributed by atoms with Crippen LogP contribution in [0.4, 0.5) is 0 Å². The van der Waals surface area contributed by atoms with Crippen LogP contribution in [0.2, 0.25) is 0 Å². The third-order valence-electron chi connectivity index (χ3n) is 9.40. The van der Waals surface area contributed by atoms with Gasteiger partial charge < -0.3 is 20.4 Å². The molecule has 0 spiro atoms. The van der Waals surface area contributed by atoms with E-state index in [-0.39, 0.29) is 0 Å². The van der Waals surface area contributed by atoms with Crippen molar-refractivity contribution in [3.05, 3.63) is 0 Å². The van der Waals surface area contributed by atoms with Gasteiger partial charge in [-0.3, -0.25) is 9.59 Å². The van der Waals surface area contributed by atoms with Crippen LogP contribution in [0.5, 0.6) is 0 Å². The zero-order valence-electron chi connectivity index (χ0n) is 20.6. The maximum atomic E-state index is 13.5. The number of aliphatic hydroxyl groups is 1. The number of carboxylic acid groups (broad SMARTS) is 3. The molecule has 0 bridgehead atoms. The smallest absolute Gasteiger partial charge is 0.337 e. The zero-order chi connectivity index (χ0) is 24.8. The molecule has 3 aliphatic rings. The highest BCUT2D eigenvalue weighted by Gasteiger charge is 2.72. The molecule has 7 nitrogen and oxygen atoms in total. The molecule has 3 fully saturated rings. The van der Waals surface area contributed by atoms with E-state index in [2.05, 4.69) is 0 Å². The van der Waals surface area contributed by atoms with Crippen LogP contribution in [0.1, 0.15) is 116 Å². The SMILES string of the molecule is O=C(O)C(C1CCCCCC1)C(O)(C(=O)O)C(C(=O)O)(C1CCCCCC1)C1CCCCCC1. The number of carboxylic acids is 3. The van der Waals surface area contributed by atoms with Gasteiger partial charge in [-0.05, 0) is 56.3 Å². The molecule has 4 N–H and O–H groups in total. The predicted octanol–water partition coefficient (Wildman–Crippen LogP) is 5.49. The largest absolute Gasteiger partial charge is 0.481 e. The lowest BCUT2D eigenvalue weighted by Crippen LogP contribution is -2.70. The van der Waals surface area contributed by atoms with Crippen LogP contribution in [0, 0.1) is 29.1 Å². The summed E-state index contributed by atoms with van der Waals surface area (Å²) in [5.74, 6) is -7.63. The van der Waals surface area contributed by atoms with Crippen molar-refractivity contribution in [2.24, 2.45) is 29.1 Å². The van der Waals surface area contributed by atoms with E-state index in [0.717, 1.165) is 77.0 Å². The predicted molar refractivity (Wildman–Crippen MR) is 127 cm³/mol. The van der Waals surface area contributed by atoms with Crippen LogP contribution in [0.15, 0.2) is 0 Å². The van der Waals surface area contributed by atoms with E-state index >= 15 is 0 Å². The van der Waals surface area contributed by atoms with E-state index in [1.54, 1.807) is 0 Å². The quantitative estimate of drug-likeness (QED) is 0.338. The molecule has 3 saturated carbocycles. The average molecular weight is 481 g/mol. The van der Waals surface area contributed by atoms with Crippen LogP contribution in [-0.4, -0.2) is 43.9 Å². The van der Waals surface area contributed by atoms with Crippen molar-refractivity contribution in [1.82, 2.24) is 0 Å². The molecule has 7 heteroatoms. The molecule has 0 amide bonds.